The van der Waals surface area contributed by atoms with Gasteiger partial charge in [0.15, 0.2) is 0 Å². The van der Waals surface area contributed by atoms with Crippen LogP contribution in [0.15, 0.2) is 36.4 Å². The van der Waals surface area contributed by atoms with Crippen LogP contribution in [0.25, 0.3) is 0 Å². The fourth-order valence-electron chi connectivity index (χ4n) is 3.03. The lowest BCUT2D eigenvalue weighted by Crippen LogP contribution is -2.10. The van der Waals surface area contributed by atoms with Gasteiger partial charge in [0.25, 0.3) is 0 Å². The number of ether oxygens (including phenoxy) is 5. The highest BCUT2D eigenvalue weighted by Crippen LogP contribution is 2.14. The van der Waals surface area contributed by atoms with Gasteiger partial charge < -0.3 is 33.9 Å². The van der Waals surface area contributed by atoms with Crippen LogP contribution in [-0.2, 0) is 36.9 Å². The normalized spacial score (nSPS) is 11.6. The summed E-state index contributed by atoms with van der Waals surface area (Å²) in [6.45, 7) is 1.66. The van der Waals surface area contributed by atoms with E-state index in [4.69, 9.17) is 14.9 Å². The van der Waals surface area contributed by atoms with Crippen molar-refractivity contribution in [2.24, 2.45) is 0 Å². The largest absolute Gasteiger partial charge is 0.465 e. The third kappa shape index (κ3) is 10.4. The summed E-state index contributed by atoms with van der Waals surface area (Å²) in [6.07, 6.45) is 2.56. The first-order valence-electron chi connectivity index (χ1n) is 11.1. The van der Waals surface area contributed by atoms with Crippen molar-refractivity contribution in [3.05, 3.63) is 69.8 Å². The fraction of sp³-hybridized carbons (Fsp3) is 0.385. The van der Waals surface area contributed by atoms with Crippen molar-refractivity contribution in [3.63, 3.8) is 0 Å². The number of aliphatic hydroxyl groups excluding tert-OH is 2. The number of esters is 4. The first-order chi connectivity index (χ1) is 17.7. The number of hydrogen-bond donors (Lipinski definition) is 2. The Morgan fingerprint density at radius 1 is 0.595 bits per heavy atom. The summed E-state index contributed by atoms with van der Waals surface area (Å²) in [4.78, 5) is 45.4. The molecule has 0 spiro atoms. The van der Waals surface area contributed by atoms with Crippen molar-refractivity contribution < 1.29 is 53.1 Å². The van der Waals surface area contributed by atoms with Gasteiger partial charge in [0.2, 0.25) is 0 Å². The molecule has 11 heteroatoms. The van der Waals surface area contributed by atoms with Crippen molar-refractivity contribution in [2.75, 3.05) is 41.7 Å². The molecular weight excluding hydrogens is 488 g/mol. The molecule has 1 fully saturated rings. The molecule has 3 rings (SSSR count). The Morgan fingerprint density at radius 2 is 0.892 bits per heavy atom. The van der Waals surface area contributed by atoms with Crippen LogP contribution in [-0.4, -0.2) is 75.7 Å². The zero-order valence-corrected chi connectivity index (χ0v) is 21.3. The van der Waals surface area contributed by atoms with E-state index < -0.39 is 23.9 Å². The van der Waals surface area contributed by atoms with Crippen LogP contribution in [0.1, 0.15) is 65.4 Å². The number of hydrogen-bond acceptors (Lipinski definition) is 11. The van der Waals surface area contributed by atoms with Crippen molar-refractivity contribution in [3.8, 4) is 0 Å². The average Bonchev–Trinajstić information content (AvgIpc) is 3.55. The Morgan fingerprint density at radius 3 is 1.11 bits per heavy atom. The molecule has 1 aliphatic heterocycles. The molecule has 1 heterocycles. The average molecular weight is 521 g/mol. The highest BCUT2D eigenvalue weighted by atomic mass is 16.5. The predicted octanol–water partition coefficient (Wildman–Crippen LogP) is 2.30. The van der Waals surface area contributed by atoms with Gasteiger partial charge in [-0.3, -0.25) is 0 Å². The molecule has 2 aromatic carbocycles. The molecule has 0 aliphatic carbocycles. The highest BCUT2D eigenvalue weighted by Gasteiger charge is 2.17. The molecule has 202 valence electrons. The van der Waals surface area contributed by atoms with E-state index in [9.17, 15) is 19.2 Å². The standard InChI is InChI=1S/C12H12O6.C10H12O4.C4H8O/c1-16-10(13)7-4-8(11(14)17-2)6-9(5-7)12(15)18-3;1-14-10(13)9-3-7(5-11)2-8(4-9)6-12;1-2-4-5-3-1/h4-6H,1-3H3;2-4,11-12H,5-6H2,1H3;1-4H2. The minimum absolute atomic E-state index is 0.0702. The Hall–Kier alpha value is -3.80. The van der Waals surface area contributed by atoms with Crippen LogP contribution < -0.4 is 0 Å². The molecule has 0 radical (unpaired) electrons. The molecule has 0 amide bonds. The molecule has 0 unspecified atom stereocenters. The first kappa shape index (κ1) is 31.2. The second-order valence-electron chi connectivity index (χ2n) is 7.44. The Labute approximate surface area is 214 Å². The molecule has 1 saturated heterocycles. The lowest BCUT2D eigenvalue weighted by atomic mass is 10.1. The molecule has 2 N–H and O–H groups in total. The molecule has 0 bridgehead atoms. The van der Waals surface area contributed by atoms with Gasteiger partial charge in [0.1, 0.15) is 0 Å². The van der Waals surface area contributed by atoms with Gasteiger partial charge in [-0.1, -0.05) is 6.07 Å². The lowest BCUT2D eigenvalue weighted by Gasteiger charge is -2.06. The summed E-state index contributed by atoms with van der Waals surface area (Å²) < 4.78 is 23.1. The van der Waals surface area contributed by atoms with Gasteiger partial charge >= 0.3 is 23.9 Å². The molecule has 0 saturated carbocycles. The van der Waals surface area contributed by atoms with Gasteiger partial charge in [-0.25, -0.2) is 19.2 Å². The number of aliphatic hydroxyl groups is 2. The molecule has 1 aliphatic rings. The van der Waals surface area contributed by atoms with E-state index in [2.05, 4.69) is 18.9 Å². The second kappa shape index (κ2) is 16.8. The van der Waals surface area contributed by atoms with Crippen LogP contribution in [0.3, 0.4) is 0 Å². The lowest BCUT2D eigenvalue weighted by molar-refractivity contribution is 0.0583. The number of rotatable bonds is 6. The highest BCUT2D eigenvalue weighted by molar-refractivity contribution is 6.00. The van der Waals surface area contributed by atoms with E-state index in [0.29, 0.717) is 16.7 Å². The maximum Gasteiger partial charge on any atom is 0.337 e. The monoisotopic (exact) mass is 520 g/mol. The number of carbonyl (C=O) groups excluding carboxylic acids is 4. The second-order valence-corrected chi connectivity index (χ2v) is 7.44. The van der Waals surface area contributed by atoms with Gasteiger partial charge in [-0.2, -0.15) is 0 Å². The van der Waals surface area contributed by atoms with Crippen LogP contribution >= 0.6 is 0 Å². The molecule has 11 nitrogen and oxygen atoms in total. The summed E-state index contributed by atoms with van der Waals surface area (Å²) in [5, 5.41) is 17.8. The maximum absolute atomic E-state index is 11.4. The summed E-state index contributed by atoms with van der Waals surface area (Å²) in [5.41, 5.74) is 1.71. The van der Waals surface area contributed by atoms with Gasteiger partial charge in [-0.05, 0) is 54.3 Å². The third-order valence-electron chi connectivity index (χ3n) is 4.86. The third-order valence-corrected chi connectivity index (χ3v) is 4.86. The minimum atomic E-state index is -0.661. The van der Waals surface area contributed by atoms with E-state index in [-0.39, 0.29) is 29.9 Å². The molecular formula is C26H32O11. The predicted molar refractivity (Wildman–Crippen MR) is 130 cm³/mol. The summed E-state index contributed by atoms with van der Waals surface area (Å²) in [5.74, 6) is -2.46. The van der Waals surface area contributed by atoms with E-state index in [0.717, 1.165) is 13.2 Å². The fourth-order valence-corrected chi connectivity index (χ4v) is 3.03. The zero-order valence-electron chi connectivity index (χ0n) is 21.3. The maximum atomic E-state index is 11.4. The number of benzene rings is 2. The van der Waals surface area contributed by atoms with Crippen LogP contribution in [0.2, 0.25) is 0 Å². The van der Waals surface area contributed by atoms with Crippen molar-refractivity contribution >= 4 is 23.9 Å². The number of methoxy groups -OCH3 is 4. The Kier molecular flexibility index (Phi) is 14.2. The smallest absolute Gasteiger partial charge is 0.337 e. The van der Waals surface area contributed by atoms with Crippen LogP contribution in [0, 0.1) is 0 Å². The zero-order chi connectivity index (χ0) is 27.8. The Balaban J connectivity index is 0.000000317. The molecule has 37 heavy (non-hydrogen) atoms. The SMILES string of the molecule is C1CCOC1.COC(=O)c1cc(C(=O)OC)cc(C(=O)OC)c1.COC(=O)c1cc(CO)cc(CO)c1. The molecule has 0 atom stereocenters. The summed E-state index contributed by atoms with van der Waals surface area (Å²) in [7, 11) is 4.88. The quantitative estimate of drug-likeness (QED) is 0.426. The van der Waals surface area contributed by atoms with Crippen molar-refractivity contribution in [1.29, 1.82) is 0 Å². The number of carbonyl (C=O) groups is 4. The topological polar surface area (TPSA) is 155 Å². The summed E-state index contributed by atoms with van der Waals surface area (Å²) >= 11 is 0. The Bertz CT molecular complexity index is 945. The van der Waals surface area contributed by atoms with Gasteiger partial charge in [0, 0.05) is 13.2 Å². The van der Waals surface area contributed by atoms with E-state index in [1.165, 1.54) is 71.6 Å². The van der Waals surface area contributed by atoms with E-state index in [1.807, 2.05) is 0 Å². The van der Waals surface area contributed by atoms with Crippen molar-refractivity contribution in [1.82, 2.24) is 0 Å². The first-order valence-corrected chi connectivity index (χ1v) is 11.1. The summed E-state index contributed by atoms with van der Waals surface area (Å²) in [6, 6.07) is 8.54. The minimum Gasteiger partial charge on any atom is -0.465 e. The van der Waals surface area contributed by atoms with Gasteiger partial charge in [-0.15, -0.1) is 0 Å². The van der Waals surface area contributed by atoms with Crippen LogP contribution in [0.5, 0.6) is 0 Å². The molecule has 0 aromatic heterocycles. The molecule has 2 aromatic rings. The van der Waals surface area contributed by atoms with E-state index >= 15 is 0 Å². The van der Waals surface area contributed by atoms with Gasteiger partial charge in [0.05, 0.1) is 63.9 Å². The van der Waals surface area contributed by atoms with E-state index in [1.54, 1.807) is 6.07 Å². The van der Waals surface area contributed by atoms with Crippen molar-refractivity contribution in [2.45, 2.75) is 26.1 Å². The van der Waals surface area contributed by atoms with Crippen LogP contribution in [0.4, 0.5) is 0 Å².